The van der Waals surface area contributed by atoms with E-state index in [1.54, 1.807) is 20.8 Å². The molecule has 1 heterocycles. The van der Waals surface area contributed by atoms with Crippen LogP contribution in [0.5, 0.6) is 0 Å². The third-order valence-corrected chi connectivity index (χ3v) is 2.87. The Hall–Kier alpha value is -2.31. The number of H-pyrrole nitrogens is 1. The van der Waals surface area contributed by atoms with Gasteiger partial charge in [0.1, 0.15) is 11.7 Å². The zero-order valence-corrected chi connectivity index (χ0v) is 11.2. The number of aromatic amines is 1. The molecule has 7 heteroatoms. The highest BCUT2D eigenvalue weighted by Crippen LogP contribution is 2.17. The number of rotatable bonds is 4. The number of hydrogen-bond acceptors (Lipinski definition) is 3. The summed E-state index contributed by atoms with van der Waals surface area (Å²) >= 11 is 0. The quantitative estimate of drug-likeness (QED) is 0.624. The molecule has 1 aromatic rings. The fraction of sp³-hybridized carbons (Fsp3) is 0.417. The van der Waals surface area contributed by atoms with Crippen molar-refractivity contribution in [1.29, 1.82) is 0 Å². The number of likely N-dealkylation sites (N-methyl/N-ethyl adjacent to an activating group) is 1. The van der Waals surface area contributed by atoms with Crippen LogP contribution in [0.4, 0.5) is 0 Å². The minimum Gasteiger partial charge on any atom is -0.477 e. The number of nitrogens with one attached hydrogen (secondary N) is 3. The van der Waals surface area contributed by atoms with Gasteiger partial charge in [-0.05, 0) is 26.3 Å². The summed E-state index contributed by atoms with van der Waals surface area (Å²) in [6, 6.07) is -0.695. The number of carbonyl (C=O) groups is 3. The Morgan fingerprint density at radius 3 is 2.26 bits per heavy atom. The van der Waals surface area contributed by atoms with Gasteiger partial charge in [0.25, 0.3) is 5.91 Å². The third-order valence-electron chi connectivity index (χ3n) is 2.87. The van der Waals surface area contributed by atoms with Crippen LogP contribution in [0.25, 0.3) is 0 Å². The van der Waals surface area contributed by atoms with Gasteiger partial charge in [-0.1, -0.05) is 0 Å². The molecule has 0 aliphatic rings. The number of carboxylic acids is 1. The molecular weight excluding hydrogens is 250 g/mol. The fourth-order valence-corrected chi connectivity index (χ4v) is 1.86. The van der Waals surface area contributed by atoms with Gasteiger partial charge in [0.2, 0.25) is 5.91 Å². The molecule has 0 radical (unpaired) electrons. The van der Waals surface area contributed by atoms with Gasteiger partial charge in [-0.2, -0.15) is 0 Å². The lowest BCUT2D eigenvalue weighted by Crippen LogP contribution is -2.43. The molecule has 0 spiro atoms. The smallest absolute Gasteiger partial charge is 0.352 e. The van der Waals surface area contributed by atoms with Crippen LogP contribution in [0.1, 0.15) is 39.0 Å². The summed E-state index contributed by atoms with van der Waals surface area (Å²) in [7, 11) is 1.47. The molecule has 104 valence electrons. The summed E-state index contributed by atoms with van der Waals surface area (Å²) in [4.78, 5) is 37.0. The van der Waals surface area contributed by atoms with E-state index in [2.05, 4.69) is 15.6 Å². The van der Waals surface area contributed by atoms with E-state index in [1.165, 1.54) is 7.05 Å². The summed E-state index contributed by atoms with van der Waals surface area (Å²) < 4.78 is 0. The molecule has 4 N–H and O–H groups in total. The largest absolute Gasteiger partial charge is 0.477 e. The number of aryl methyl sites for hydroxylation is 1. The number of aromatic nitrogens is 1. The van der Waals surface area contributed by atoms with Crippen molar-refractivity contribution in [2.24, 2.45) is 0 Å². The topological polar surface area (TPSA) is 111 Å². The lowest BCUT2D eigenvalue weighted by Gasteiger charge is -2.12. The van der Waals surface area contributed by atoms with E-state index in [9.17, 15) is 14.4 Å². The summed E-state index contributed by atoms with van der Waals surface area (Å²) in [5, 5.41) is 13.9. The van der Waals surface area contributed by atoms with E-state index < -0.39 is 17.9 Å². The van der Waals surface area contributed by atoms with E-state index in [1.807, 2.05) is 0 Å². The van der Waals surface area contributed by atoms with Crippen LogP contribution in [-0.4, -0.2) is 41.0 Å². The second kappa shape index (κ2) is 5.55. The molecule has 0 aliphatic heterocycles. The Morgan fingerprint density at radius 2 is 1.84 bits per heavy atom. The molecule has 0 aromatic carbocycles. The van der Waals surface area contributed by atoms with Crippen LogP contribution in [0.3, 0.4) is 0 Å². The van der Waals surface area contributed by atoms with Crippen LogP contribution in [0, 0.1) is 13.8 Å². The summed E-state index contributed by atoms with van der Waals surface area (Å²) in [6.45, 7) is 4.71. The molecule has 1 atom stereocenters. The van der Waals surface area contributed by atoms with Gasteiger partial charge in [-0.15, -0.1) is 0 Å². The average molecular weight is 267 g/mol. The monoisotopic (exact) mass is 267 g/mol. The normalized spacial score (nSPS) is 11.8. The molecule has 1 unspecified atom stereocenters. The van der Waals surface area contributed by atoms with Crippen LogP contribution in [0.15, 0.2) is 0 Å². The number of hydrogen-bond donors (Lipinski definition) is 4. The van der Waals surface area contributed by atoms with E-state index >= 15 is 0 Å². The maximum Gasteiger partial charge on any atom is 0.352 e. The average Bonchev–Trinajstić information content (AvgIpc) is 2.63. The Bertz CT molecular complexity index is 533. The zero-order valence-electron chi connectivity index (χ0n) is 11.2. The lowest BCUT2D eigenvalue weighted by atomic mass is 10.1. The highest BCUT2D eigenvalue weighted by atomic mass is 16.4. The Labute approximate surface area is 110 Å². The second-order valence-electron chi connectivity index (χ2n) is 4.24. The molecule has 7 nitrogen and oxygen atoms in total. The van der Waals surface area contributed by atoms with Gasteiger partial charge < -0.3 is 20.7 Å². The maximum absolute atomic E-state index is 12.0. The molecule has 1 aromatic heterocycles. The molecule has 0 saturated heterocycles. The van der Waals surface area contributed by atoms with E-state index in [0.29, 0.717) is 11.3 Å². The zero-order chi connectivity index (χ0) is 14.7. The Balaban J connectivity index is 3.01. The number of aromatic carboxylic acids is 1. The third kappa shape index (κ3) is 2.93. The maximum atomic E-state index is 12.0. The Kier molecular flexibility index (Phi) is 4.31. The molecule has 1 rings (SSSR count). The van der Waals surface area contributed by atoms with Crippen molar-refractivity contribution in [2.45, 2.75) is 26.8 Å². The molecule has 0 saturated carbocycles. The van der Waals surface area contributed by atoms with E-state index in [0.717, 1.165) is 0 Å². The summed E-state index contributed by atoms with van der Waals surface area (Å²) in [5.41, 5.74) is 1.05. The first-order valence-corrected chi connectivity index (χ1v) is 5.74. The second-order valence-corrected chi connectivity index (χ2v) is 4.24. The van der Waals surface area contributed by atoms with Gasteiger partial charge >= 0.3 is 5.97 Å². The minimum atomic E-state index is -1.13. The minimum absolute atomic E-state index is 0.0183. The van der Waals surface area contributed by atoms with Crippen LogP contribution < -0.4 is 10.6 Å². The first kappa shape index (κ1) is 14.7. The van der Waals surface area contributed by atoms with E-state index in [4.69, 9.17) is 5.11 Å². The van der Waals surface area contributed by atoms with Crippen molar-refractivity contribution in [3.05, 3.63) is 22.5 Å². The molecule has 19 heavy (non-hydrogen) atoms. The number of amides is 2. The van der Waals surface area contributed by atoms with Gasteiger partial charge in [-0.25, -0.2) is 4.79 Å². The van der Waals surface area contributed by atoms with E-state index in [-0.39, 0.29) is 17.2 Å². The predicted octanol–water partition coefficient (Wildman–Crippen LogP) is 0.194. The van der Waals surface area contributed by atoms with Crippen molar-refractivity contribution in [1.82, 2.24) is 15.6 Å². The van der Waals surface area contributed by atoms with Crippen LogP contribution in [0.2, 0.25) is 0 Å². The van der Waals surface area contributed by atoms with Crippen molar-refractivity contribution >= 4 is 17.8 Å². The highest BCUT2D eigenvalue weighted by molar-refractivity contribution is 6.02. The number of carboxylic acid groups (broad SMARTS) is 1. The first-order valence-electron chi connectivity index (χ1n) is 5.74. The predicted molar refractivity (Wildman–Crippen MR) is 68.2 cm³/mol. The number of carbonyl (C=O) groups excluding carboxylic acids is 2. The van der Waals surface area contributed by atoms with Crippen LogP contribution >= 0.6 is 0 Å². The van der Waals surface area contributed by atoms with Crippen molar-refractivity contribution < 1.29 is 19.5 Å². The SMILES string of the molecule is CNC(=O)C(C)NC(=O)c1c(C)[nH]c(C(=O)O)c1C. The van der Waals surface area contributed by atoms with Crippen molar-refractivity contribution in [3.63, 3.8) is 0 Å². The van der Waals surface area contributed by atoms with Gasteiger partial charge in [-0.3, -0.25) is 9.59 Å². The lowest BCUT2D eigenvalue weighted by molar-refractivity contribution is -0.122. The van der Waals surface area contributed by atoms with Crippen molar-refractivity contribution in [3.8, 4) is 0 Å². The van der Waals surface area contributed by atoms with Gasteiger partial charge in [0.05, 0.1) is 5.56 Å². The fourth-order valence-electron chi connectivity index (χ4n) is 1.86. The van der Waals surface area contributed by atoms with Gasteiger partial charge in [0, 0.05) is 12.7 Å². The summed E-state index contributed by atoms with van der Waals surface area (Å²) in [6.07, 6.45) is 0. The van der Waals surface area contributed by atoms with Crippen molar-refractivity contribution in [2.75, 3.05) is 7.05 Å². The summed E-state index contributed by atoms with van der Waals surface area (Å²) in [5.74, 6) is -1.92. The van der Waals surface area contributed by atoms with Crippen LogP contribution in [-0.2, 0) is 4.79 Å². The first-order chi connectivity index (χ1) is 8.79. The Morgan fingerprint density at radius 1 is 1.26 bits per heavy atom. The molecular formula is C12H17N3O4. The molecule has 0 bridgehead atoms. The molecule has 0 aliphatic carbocycles. The van der Waals surface area contributed by atoms with Gasteiger partial charge in [0.15, 0.2) is 0 Å². The molecule has 0 fully saturated rings. The standard InChI is InChI=1S/C12H17N3O4/c1-5-8(6(2)14-9(5)12(18)19)11(17)15-7(3)10(16)13-4/h7,14H,1-4H3,(H,13,16)(H,15,17)(H,18,19). The highest BCUT2D eigenvalue weighted by Gasteiger charge is 2.23. The molecule has 2 amide bonds.